The molecule has 2 aliphatic heterocycles. The first-order valence-corrected chi connectivity index (χ1v) is 12.2. The van der Waals surface area contributed by atoms with Crippen LogP contribution < -0.4 is 15.1 Å². The first-order valence-electron chi connectivity index (χ1n) is 11.5. The third-order valence-electron chi connectivity index (χ3n) is 5.93. The van der Waals surface area contributed by atoms with Gasteiger partial charge in [0.25, 0.3) is 17.8 Å². The van der Waals surface area contributed by atoms with E-state index in [0.717, 1.165) is 0 Å². The average molecular weight is 593 g/mol. The third kappa shape index (κ3) is 8.47. The topological polar surface area (TPSA) is 147 Å². The number of azide groups is 1. The zero-order chi connectivity index (χ0) is 28.8. The Bertz CT molecular complexity index is 1260. The van der Waals surface area contributed by atoms with E-state index in [9.17, 15) is 27.2 Å². The van der Waals surface area contributed by atoms with Crippen molar-refractivity contribution in [2.75, 3.05) is 41.3 Å². The molecule has 11 nitrogen and oxygen atoms in total. The average Bonchev–Trinajstić information content (AvgIpc) is 2.85. The molecule has 4 heterocycles. The van der Waals surface area contributed by atoms with Crippen molar-refractivity contribution in [1.29, 1.82) is 0 Å². The van der Waals surface area contributed by atoms with E-state index in [1.54, 1.807) is 9.80 Å². The number of aromatic nitrogens is 2. The number of anilines is 3. The maximum absolute atomic E-state index is 13.1. The van der Waals surface area contributed by atoms with Gasteiger partial charge in [0.05, 0.1) is 33.8 Å². The number of hydrogen-bond donors (Lipinski definition) is 2. The number of carbonyl (C=O) groups is 2. The molecule has 2 aromatic rings. The monoisotopic (exact) mass is 592 g/mol. The van der Waals surface area contributed by atoms with Crippen LogP contribution in [0.3, 0.4) is 0 Å². The maximum Gasteiger partial charge on any atom is 0.410 e. The smallest absolute Gasteiger partial charge is 0.410 e. The van der Waals surface area contributed by atoms with Crippen LogP contribution >= 0.6 is 23.2 Å². The van der Waals surface area contributed by atoms with Gasteiger partial charge in [0, 0.05) is 62.8 Å². The Morgan fingerprint density at radius 2 is 1.38 bits per heavy atom. The van der Waals surface area contributed by atoms with E-state index >= 15 is 0 Å². The van der Waals surface area contributed by atoms with Crippen molar-refractivity contribution in [1.82, 2.24) is 9.97 Å². The Balaban J connectivity index is 0.000000216. The highest BCUT2D eigenvalue weighted by molar-refractivity contribution is 6.33. The number of pyridine rings is 2. The predicted octanol–water partition coefficient (Wildman–Crippen LogP) is 6.48. The third-order valence-corrected chi connectivity index (χ3v) is 6.53. The van der Waals surface area contributed by atoms with Crippen LogP contribution in [0.2, 0.25) is 10.0 Å². The van der Waals surface area contributed by atoms with E-state index in [2.05, 4.69) is 25.3 Å². The maximum atomic E-state index is 13.1. The van der Waals surface area contributed by atoms with Crippen molar-refractivity contribution in [3.63, 3.8) is 0 Å². The molecule has 2 N–H and O–H groups in total. The van der Waals surface area contributed by atoms with Gasteiger partial charge < -0.3 is 14.9 Å². The second kappa shape index (κ2) is 12.5. The number of hydrogen-bond acceptors (Lipinski definition) is 6. The lowest BCUT2D eigenvalue weighted by molar-refractivity contribution is -0.0226. The van der Waals surface area contributed by atoms with Crippen molar-refractivity contribution < 1.29 is 32.3 Å². The molecule has 0 spiro atoms. The minimum atomic E-state index is -2.65. The molecule has 2 saturated heterocycles. The van der Waals surface area contributed by atoms with Gasteiger partial charge in [0.15, 0.2) is 0 Å². The minimum Gasteiger partial charge on any atom is -0.465 e. The second-order valence-corrected chi connectivity index (χ2v) is 9.47. The Morgan fingerprint density at radius 3 is 1.79 bits per heavy atom. The lowest BCUT2D eigenvalue weighted by Gasteiger charge is -2.33. The number of carbonyl (C=O) groups excluding carboxylic acids is 1. The van der Waals surface area contributed by atoms with E-state index in [-0.39, 0.29) is 73.4 Å². The zero-order valence-corrected chi connectivity index (χ0v) is 21.6. The molecule has 2 aromatic heterocycles. The number of nitrogens with zero attached hydrogens (tertiary/aromatic N) is 7. The van der Waals surface area contributed by atoms with Gasteiger partial charge in [-0.1, -0.05) is 23.2 Å². The van der Waals surface area contributed by atoms with Gasteiger partial charge in [-0.05, 0) is 16.7 Å². The number of amides is 2. The van der Waals surface area contributed by atoms with E-state index in [1.807, 2.05) is 0 Å². The van der Waals surface area contributed by atoms with Crippen LogP contribution in [0.5, 0.6) is 0 Å². The molecule has 0 atom stereocenters. The molecular formula is C22H22Cl2F4N8O3. The summed E-state index contributed by atoms with van der Waals surface area (Å²) in [5.41, 5.74) is 9.11. The number of alkyl halides is 4. The molecule has 0 aliphatic carbocycles. The summed E-state index contributed by atoms with van der Waals surface area (Å²) in [5.74, 6) is -6.01. The van der Waals surface area contributed by atoms with E-state index < -0.39 is 23.8 Å². The molecule has 210 valence electrons. The summed E-state index contributed by atoms with van der Waals surface area (Å²) in [6, 6.07) is 2.62. The molecular weight excluding hydrogens is 571 g/mol. The Morgan fingerprint density at radius 1 is 0.923 bits per heavy atom. The van der Waals surface area contributed by atoms with Crippen LogP contribution in [-0.2, 0) is 0 Å². The summed E-state index contributed by atoms with van der Waals surface area (Å²) in [7, 11) is 0. The number of carboxylic acid groups (broad SMARTS) is 1. The molecule has 17 heteroatoms. The lowest BCUT2D eigenvalue weighted by atomic mass is 10.1. The van der Waals surface area contributed by atoms with E-state index in [1.165, 1.54) is 24.5 Å². The molecule has 4 rings (SSSR count). The van der Waals surface area contributed by atoms with Gasteiger partial charge >= 0.3 is 6.09 Å². The van der Waals surface area contributed by atoms with Crippen LogP contribution in [0.1, 0.15) is 36.2 Å². The molecule has 0 saturated carbocycles. The van der Waals surface area contributed by atoms with Crippen molar-refractivity contribution in [2.24, 2.45) is 5.11 Å². The van der Waals surface area contributed by atoms with Gasteiger partial charge in [-0.3, -0.25) is 15.1 Å². The summed E-state index contributed by atoms with van der Waals surface area (Å²) in [6.07, 6.45) is 0.527. The van der Waals surface area contributed by atoms with Gasteiger partial charge in [0.1, 0.15) is 11.5 Å². The summed E-state index contributed by atoms with van der Waals surface area (Å²) in [5, 5.41) is 14.0. The van der Waals surface area contributed by atoms with E-state index in [0.29, 0.717) is 11.4 Å². The fourth-order valence-corrected chi connectivity index (χ4v) is 4.39. The van der Waals surface area contributed by atoms with Crippen LogP contribution in [0.15, 0.2) is 29.6 Å². The molecule has 2 fully saturated rings. The first-order chi connectivity index (χ1) is 18.3. The highest BCUT2D eigenvalue weighted by atomic mass is 35.5. The van der Waals surface area contributed by atoms with Gasteiger partial charge in [-0.2, -0.15) is 0 Å². The van der Waals surface area contributed by atoms with Crippen molar-refractivity contribution in [3.05, 3.63) is 50.7 Å². The number of halogens is 6. The molecule has 0 aromatic carbocycles. The van der Waals surface area contributed by atoms with Crippen LogP contribution in [-0.4, -0.2) is 65.1 Å². The predicted molar refractivity (Wildman–Crippen MR) is 136 cm³/mol. The molecule has 0 unspecified atom stereocenters. The van der Waals surface area contributed by atoms with E-state index in [4.69, 9.17) is 33.8 Å². The molecule has 0 radical (unpaired) electrons. The van der Waals surface area contributed by atoms with Crippen molar-refractivity contribution in [3.8, 4) is 0 Å². The van der Waals surface area contributed by atoms with Crippen LogP contribution in [0, 0.1) is 0 Å². The summed E-state index contributed by atoms with van der Waals surface area (Å²) >= 11 is 12.0. The Hall–Kier alpha value is -3.55. The summed E-state index contributed by atoms with van der Waals surface area (Å²) < 4.78 is 52.3. The van der Waals surface area contributed by atoms with Crippen molar-refractivity contribution >= 4 is 52.4 Å². The standard InChI is InChI=1S/C11H10ClF2N5O.C11H12ClF2N3O2/c12-7-5-8(10(20)17-18-15)16-6-9(7)19-3-1-11(13,14)2-4-19;12-7-5-9(16-10(18)19)15-6-8(7)17-3-1-11(13,14)2-4-17/h5-6H,1-4H2;5-6H,1-4H2,(H,15,16)(H,18,19). The summed E-state index contributed by atoms with van der Waals surface area (Å²) in [4.78, 5) is 35.3. The SMILES string of the molecule is O=C(O)Nc1cc(Cl)c(N2CCC(F)(F)CC2)cn1.[N-]=[N+]=NC(=O)c1cc(Cl)c(N2CCC(F)(F)CC2)cn1. The van der Waals surface area contributed by atoms with Gasteiger partial charge in [-0.25, -0.2) is 27.3 Å². The highest BCUT2D eigenvalue weighted by Gasteiger charge is 2.35. The molecule has 0 bridgehead atoms. The van der Waals surface area contributed by atoms with Crippen LogP contribution in [0.25, 0.3) is 10.4 Å². The van der Waals surface area contributed by atoms with Gasteiger partial charge in [0.2, 0.25) is 0 Å². The first kappa shape index (κ1) is 30.0. The zero-order valence-electron chi connectivity index (χ0n) is 20.1. The largest absolute Gasteiger partial charge is 0.465 e. The van der Waals surface area contributed by atoms with Crippen LogP contribution in [0.4, 0.5) is 39.5 Å². The Kier molecular flexibility index (Phi) is 9.64. The fraction of sp³-hybridized carbons (Fsp3) is 0.455. The normalized spacial score (nSPS) is 17.8. The van der Waals surface area contributed by atoms with Gasteiger partial charge in [-0.15, -0.1) is 0 Å². The molecule has 39 heavy (non-hydrogen) atoms. The second-order valence-electron chi connectivity index (χ2n) is 8.65. The summed E-state index contributed by atoms with van der Waals surface area (Å²) in [6.45, 7) is 0.719. The minimum absolute atomic E-state index is 0.0844. The number of piperidine rings is 2. The highest BCUT2D eigenvalue weighted by Crippen LogP contribution is 2.35. The quantitative estimate of drug-likeness (QED) is 0.178. The molecule has 2 aliphatic rings. The lowest BCUT2D eigenvalue weighted by Crippen LogP contribution is -2.39. The molecule has 2 amide bonds. The van der Waals surface area contributed by atoms with Crippen molar-refractivity contribution in [2.45, 2.75) is 37.5 Å². The number of rotatable bonds is 4. The number of nitrogens with one attached hydrogen (secondary N) is 1. The fourth-order valence-electron chi connectivity index (χ4n) is 3.85. The Labute approximate surface area is 229 Å².